The van der Waals surface area contributed by atoms with Crippen molar-refractivity contribution in [3.05, 3.63) is 56.4 Å². The first kappa shape index (κ1) is 24.4. The van der Waals surface area contributed by atoms with Gasteiger partial charge in [-0.25, -0.2) is 9.37 Å². The van der Waals surface area contributed by atoms with Crippen LogP contribution in [0.1, 0.15) is 5.56 Å². The molecule has 1 fully saturated rings. The predicted octanol–water partition coefficient (Wildman–Crippen LogP) is 5.96. The van der Waals surface area contributed by atoms with Gasteiger partial charge in [0, 0.05) is 23.1 Å². The fraction of sp³-hybridized carbons (Fsp3) is 0.238. The molecule has 9 nitrogen and oxygen atoms in total. The van der Waals surface area contributed by atoms with E-state index in [1.807, 2.05) is 0 Å². The van der Waals surface area contributed by atoms with Crippen LogP contribution in [0.25, 0.3) is 0 Å². The second-order valence-corrected chi connectivity index (χ2v) is 8.88. The first-order chi connectivity index (χ1) is 16.3. The van der Waals surface area contributed by atoms with Crippen LogP contribution in [0.3, 0.4) is 0 Å². The molecule has 2 heterocycles. The zero-order valence-electron chi connectivity index (χ0n) is 17.5. The molecule has 1 saturated heterocycles. The van der Waals surface area contributed by atoms with Crippen molar-refractivity contribution in [2.24, 2.45) is 10.2 Å². The number of halogens is 4. The van der Waals surface area contributed by atoms with Gasteiger partial charge in [0.25, 0.3) is 5.95 Å². The Morgan fingerprint density at radius 3 is 2.68 bits per heavy atom. The Morgan fingerprint density at radius 1 is 1.15 bits per heavy atom. The van der Waals surface area contributed by atoms with Crippen LogP contribution in [0.2, 0.25) is 10.0 Å². The minimum atomic E-state index is -0.550. The van der Waals surface area contributed by atoms with Crippen LogP contribution in [0.4, 0.5) is 27.5 Å². The molecule has 0 radical (unpaired) electrons. The average molecular weight is 572 g/mol. The number of hydrogen-bond acceptors (Lipinski definition) is 9. The molecule has 34 heavy (non-hydrogen) atoms. The van der Waals surface area contributed by atoms with E-state index in [2.05, 4.69) is 41.4 Å². The third-order valence-electron chi connectivity index (χ3n) is 4.92. The fourth-order valence-corrected chi connectivity index (χ4v) is 4.24. The number of nitrogens with zero attached hydrogens (tertiary/aromatic N) is 5. The second kappa shape index (κ2) is 10.7. The lowest BCUT2D eigenvalue weighted by atomic mass is 10.1. The molecule has 2 aromatic carbocycles. The Morgan fingerprint density at radius 2 is 1.91 bits per heavy atom. The summed E-state index contributed by atoms with van der Waals surface area (Å²) < 4.78 is 20.1. The highest BCUT2D eigenvalue weighted by Gasteiger charge is 2.18. The molecule has 3 aromatic rings. The molecule has 4 rings (SSSR count). The normalized spacial score (nSPS) is 14.1. The number of phenols is 2. The van der Waals surface area contributed by atoms with Crippen LogP contribution in [0.15, 0.2) is 45.2 Å². The maximum atomic E-state index is 14.1. The zero-order valence-corrected chi connectivity index (χ0v) is 20.6. The third kappa shape index (κ3) is 5.49. The molecule has 1 aromatic heterocycles. The summed E-state index contributed by atoms with van der Waals surface area (Å²) in [5.74, 6) is -0.779. The van der Waals surface area contributed by atoms with E-state index in [4.69, 9.17) is 27.9 Å². The fourth-order valence-electron chi connectivity index (χ4n) is 3.20. The molecule has 1 aliphatic heterocycles. The number of ether oxygens (including phenoxy) is 1. The maximum absolute atomic E-state index is 14.1. The summed E-state index contributed by atoms with van der Waals surface area (Å²) in [4.78, 5) is 9.74. The number of phenolic OH excluding ortho intramolecular Hbond substituents is 2. The van der Waals surface area contributed by atoms with Crippen molar-refractivity contribution < 1.29 is 19.3 Å². The number of rotatable bonds is 6. The smallest absolute Gasteiger partial charge is 0.270 e. The van der Waals surface area contributed by atoms with Crippen LogP contribution < -0.4 is 10.2 Å². The zero-order chi connectivity index (χ0) is 24.2. The average Bonchev–Trinajstić information content (AvgIpc) is 2.83. The summed E-state index contributed by atoms with van der Waals surface area (Å²) in [7, 11) is 0. The number of hydrogen-bond donors (Lipinski definition) is 3. The molecular weight excluding hydrogens is 554 g/mol. The number of azo groups is 1. The first-order valence-corrected chi connectivity index (χ1v) is 11.6. The maximum Gasteiger partial charge on any atom is 0.270 e. The number of benzene rings is 2. The minimum absolute atomic E-state index is 0.00576. The number of anilines is 3. The van der Waals surface area contributed by atoms with Gasteiger partial charge in [-0.15, -0.1) is 5.11 Å². The van der Waals surface area contributed by atoms with Crippen molar-refractivity contribution in [2.45, 2.75) is 6.54 Å². The van der Waals surface area contributed by atoms with Crippen molar-refractivity contribution in [1.82, 2.24) is 9.97 Å². The van der Waals surface area contributed by atoms with E-state index in [0.717, 1.165) is 6.20 Å². The van der Waals surface area contributed by atoms with E-state index >= 15 is 0 Å². The molecule has 0 unspecified atom stereocenters. The number of aromatic hydroxyl groups is 2. The topological polar surface area (TPSA) is 115 Å². The summed E-state index contributed by atoms with van der Waals surface area (Å²) in [5.41, 5.74) is 1.05. The van der Waals surface area contributed by atoms with Crippen molar-refractivity contribution in [2.75, 3.05) is 36.5 Å². The molecule has 1 aliphatic rings. The Kier molecular flexibility index (Phi) is 7.67. The van der Waals surface area contributed by atoms with Gasteiger partial charge in [0.15, 0.2) is 17.4 Å². The van der Waals surface area contributed by atoms with Crippen molar-refractivity contribution in [1.29, 1.82) is 0 Å². The Balaban J connectivity index is 1.48. The number of aromatic nitrogens is 2. The molecule has 0 aliphatic carbocycles. The van der Waals surface area contributed by atoms with Crippen LogP contribution >= 0.6 is 39.1 Å². The Labute approximate surface area is 212 Å². The highest BCUT2D eigenvalue weighted by atomic mass is 79.9. The third-order valence-corrected chi connectivity index (χ3v) is 6.05. The first-order valence-electron chi connectivity index (χ1n) is 10.0. The molecule has 0 atom stereocenters. The van der Waals surface area contributed by atoms with Crippen LogP contribution in [0, 0.1) is 5.82 Å². The monoisotopic (exact) mass is 570 g/mol. The summed E-state index contributed by atoms with van der Waals surface area (Å²) in [6.45, 7) is 1.98. The molecule has 0 amide bonds. The molecule has 13 heteroatoms. The molecular formula is C21H18BrCl2FN6O3. The van der Waals surface area contributed by atoms with Crippen LogP contribution in [-0.4, -0.2) is 46.5 Å². The van der Waals surface area contributed by atoms with Crippen molar-refractivity contribution in [3.8, 4) is 11.5 Å². The van der Waals surface area contributed by atoms with E-state index in [0.29, 0.717) is 47.7 Å². The second-order valence-electron chi connectivity index (χ2n) is 7.18. The number of nitrogens with one attached hydrogen (secondary N) is 1. The van der Waals surface area contributed by atoms with Gasteiger partial charge in [-0.3, -0.25) is 0 Å². The molecule has 0 bridgehead atoms. The SMILES string of the molecule is Oc1c(Cl)cc(Br)cc1Nc1ccc(CN=Nc2ncc(F)c(N3CCOCC3)n2)c(O)c1Cl. The van der Waals surface area contributed by atoms with Crippen molar-refractivity contribution >= 4 is 62.3 Å². The largest absolute Gasteiger partial charge is 0.506 e. The van der Waals surface area contributed by atoms with E-state index in [1.54, 1.807) is 29.2 Å². The van der Waals surface area contributed by atoms with Gasteiger partial charge in [0.05, 0.1) is 42.4 Å². The summed E-state index contributed by atoms with van der Waals surface area (Å²) in [6, 6.07) is 6.38. The van der Waals surface area contributed by atoms with Gasteiger partial charge in [-0.1, -0.05) is 45.2 Å². The summed E-state index contributed by atoms with van der Waals surface area (Å²) in [6.07, 6.45) is 1.05. The van der Waals surface area contributed by atoms with E-state index in [9.17, 15) is 14.6 Å². The molecule has 3 N–H and O–H groups in total. The lowest BCUT2D eigenvalue weighted by Crippen LogP contribution is -2.37. The van der Waals surface area contributed by atoms with Gasteiger partial charge in [0.2, 0.25) is 0 Å². The standard InChI is InChI=1S/C21H18BrCl2FN6O3/c22-12-7-13(23)19(33)16(8-12)28-15-2-1-11(18(32)17(15)24)9-27-30-21-26-10-14(25)20(29-21)31-3-5-34-6-4-31/h1-2,7-8,10,28,32-33H,3-6,9H2. The lowest BCUT2D eigenvalue weighted by Gasteiger charge is -2.27. The van der Waals surface area contributed by atoms with Gasteiger partial charge in [-0.05, 0) is 18.2 Å². The van der Waals surface area contributed by atoms with Crippen LogP contribution in [0.5, 0.6) is 11.5 Å². The van der Waals surface area contributed by atoms with E-state index < -0.39 is 5.82 Å². The molecule has 0 spiro atoms. The van der Waals surface area contributed by atoms with E-state index in [-0.39, 0.29) is 39.9 Å². The van der Waals surface area contributed by atoms with Gasteiger partial charge in [0.1, 0.15) is 10.8 Å². The molecule has 178 valence electrons. The Bertz CT molecular complexity index is 1240. The summed E-state index contributed by atoms with van der Waals surface area (Å²) >= 11 is 15.6. The van der Waals surface area contributed by atoms with E-state index in [1.165, 1.54) is 0 Å². The van der Waals surface area contributed by atoms with Crippen LogP contribution in [-0.2, 0) is 11.3 Å². The highest BCUT2D eigenvalue weighted by molar-refractivity contribution is 9.10. The minimum Gasteiger partial charge on any atom is -0.506 e. The highest BCUT2D eigenvalue weighted by Crippen LogP contribution is 2.41. The van der Waals surface area contributed by atoms with Crippen molar-refractivity contribution in [3.63, 3.8) is 0 Å². The molecule has 0 saturated carbocycles. The van der Waals surface area contributed by atoms with Gasteiger partial charge >= 0.3 is 0 Å². The Hall–Kier alpha value is -2.73. The summed E-state index contributed by atoms with van der Waals surface area (Å²) in [5, 5.41) is 31.7. The van der Waals surface area contributed by atoms with Gasteiger partial charge < -0.3 is 25.2 Å². The predicted molar refractivity (Wildman–Crippen MR) is 130 cm³/mol. The number of morpholine rings is 1. The van der Waals surface area contributed by atoms with Gasteiger partial charge in [-0.2, -0.15) is 10.1 Å². The lowest BCUT2D eigenvalue weighted by molar-refractivity contribution is 0.122. The quantitative estimate of drug-likeness (QED) is 0.247.